The lowest BCUT2D eigenvalue weighted by atomic mass is 10.1. The summed E-state index contributed by atoms with van der Waals surface area (Å²) in [7, 11) is 1.99. The monoisotopic (exact) mass is 312 g/mol. The Labute approximate surface area is 129 Å². The van der Waals surface area contributed by atoms with Gasteiger partial charge in [-0.2, -0.15) is 0 Å². The predicted octanol–water partition coefficient (Wildman–Crippen LogP) is 3.54. The maximum atomic E-state index is 6.04. The number of benzene rings is 1. The summed E-state index contributed by atoms with van der Waals surface area (Å²) < 4.78 is 2.02. The Hall–Kier alpha value is -1.10. The average molecular weight is 313 g/mol. The van der Waals surface area contributed by atoms with Crippen LogP contribution in [0.5, 0.6) is 0 Å². The van der Waals surface area contributed by atoms with Crippen LogP contribution in [0.15, 0.2) is 18.2 Å². The van der Waals surface area contributed by atoms with E-state index in [9.17, 15) is 0 Å². The maximum absolute atomic E-state index is 6.04. The van der Waals surface area contributed by atoms with Gasteiger partial charge in [-0.1, -0.05) is 36.2 Å². The molecule has 1 atom stereocenters. The topological polar surface area (TPSA) is 42.7 Å². The highest BCUT2D eigenvalue weighted by molar-refractivity contribution is 6.42. The Morgan fingerprint density at radius 1 is 1.20 bits per heavy atom. The van der Waals surface area contributed by atoms with Gasteiger partial charge in [-0.05, 0) is 24.6 Å². The summed E-state index contributed by atoms with van der Waals surface area (Å²) in [5.74, 6) is 1.91. The van der Waals surface area contributed by atoms with Crippen LogP contribution in [0.3, 0.4) is 0 Å². The SMILES string of the molecule is CCc1nnc(CNC(C)c2ccc(Cl)c(Cl)c2)n1C. The highest BCUT2D eigenvalue weighted by Crippen LogP contribution is 2.25. The van der Waals surface area contributed by atoms with E-state index in [1.807, 2.05) is 29.8 Å². The molecule has 0 amide bonds. The summed E-state index contributed by atoms with van der Waals surface area (Å²) in [6.07, 6.45) is 0.881. The number of aryl methyl sites for hydroxylation is 1. The van der Waals surface area contributed by atoms with Gasteiger partial charge in [0.15, 0.2) is 0 Å². The Morgan fingerprint density at radius 3 is 2.50 bits per heavy atom. The molecule has 2 rings (SSSR count). The van der Waals surface area contributed by atoms with Gasteiger partial charge in [0, 0.05) is 19.5 Å². The summed E-state index contributed by atoms with van der Waals surface area (Å²) in [6.45, 7) is 4.81. The number of rotatable bonds is 5. The first-order valence-electron chi connectivity index (χ1n) is 6.58. The second-order valence-corrected chi connectivity index (χ2v) is 5.54. The van der Waals surface area contributed by atoms with Crippen LogP contribution in [0.25, 0.3) is 0 Å². The fourth-order valence-electron chi connectivity index (χ4n) is 2.00. The van der Waals surface area contributed by atoms with Crippen molar-refractivity contribution in [2.75, 3.05) is 0 Å². The van der Waals surface area contributed by atoms with Crippen molar-refractivity contribution in [2.45, 2.75) is 32.9 Å². The molecule has 4 nitrogen and oxygen atoms in total. The Morgan fingerprint density at radius 2 is 1.90 bits per heavy atom. The molecule has 2 aromatic rings. The number of halogens is 2. The van der Waals surface area contributed by atoms with Gasteiger partial charge in [0.25, 0.3) is 0 Å². The molecule has 108 valence electrons. The summed E-state index contributed by atoms with van der Waals surface area (Å²) in [5.41, 5.74) is 1.09. The molecular formula is C14H18Cl2N4. The number of nitrogens with zero attached hydrogens (tertiary/aromatic N) is 3. The van der Waals surface area contributed by atoms with E-state index in [-0.39, 0.29) is 6.04 Å². The predicted molar refractivity (Wildman–Crippen MR) is 82.1 cm³/mol. The molecule has 0 saturated carbocycles. The molecule has 0 saturated heterocycles. The fourth-order valence-corrected chi connectivity index (χ4v) is 2.31. The van der Waals surface area contributed by atoms with Gasteiger partial charge in [0.2, 0.25) is 0 Å². The minimum Gasteiger partial charge on any atom is -0.317 e. The van der Waals surface area contributed by atoms with Crippen molar-refractivity contribution in [3.8, 4) is 0 Å². The van der Waals surface area contributed by atoms with Crippen LogP contribution in [0.1, 0.15) is 37.1 Å². The summed E-state index contributed by atoms with van der Waals surface area (Å²) >= 11 is 12.0. The van der Waals surface area contributed by atoms with Crippen molar-refractivity contribution in [1.29, 1.82) is 0 Å². The molecule has 0 radical (unpaired) electrons. The molecule has 1 N–H and O–H groups in total. The standard InChI is InChI=1S/C14H18Cl2N4/c1-4-13-18-19-14(20(13)3)8-17-9(2)10-5-6-11(15)12(16)7-10/h5-7,9,17H,4,8H2,1-3H3. The molecule has 0 aliphatic carbocycles. The first-order chi connectivity index (χ1) is 9.52. The second kappa shape index (κ2) is 6.57. The summed E-state index contributed by atoms with van der Waals surface area (Å²) in [6, 6.07) is 5.83. The van der Waals surface area contributed by atoms with E-state index in [1.54, 1.807) is 0 Å². The molecule has 0 fully saturated rings. The zero-order valence-corrected chi connectivity index (χ0v) is 13.3. The minimum absolute atomic E-state index is 0.159. The van der Waals surface area contributed by atoms with Crippen molar-refractivity contribution in [2.24, 2.45) is 7.05 Å². The van der Waals surface area contributed by atoms with Gasteiger partial charge in [0.1, 0.15) is 11.6 Å². The quantitative estimate of drug-likeness (QED) is 0.918. The van der Waals surface area contributed by atoms with Crippen molar-refractivity contribution in [1.82, 2.24) is 20.1 Å². The number of aromatic nitrogens is 3. The molecule has 0 aliphatic heterocycles. The van der Waals surface area contributed by atoms with Crippen molar-refractivity contribution < 1.29 is 0 Å². The van der Waals surface area contributed by atoms with Crippen molar-refractivity contribution in [3.05, 3.63) is 45.5 Å². The minimum atomic E-state index is 0.159. The van der Waals surface area contributed by atoms with E-state index < -0.39 is 0 Å². The van der Waals surface area contributed by atoms with E-state index in [1.165, 1.54) is 0 Å². The second-order valence-electron chi connectivity index (χ2n) is 4.72. The number of hydrogen-bond donors (Lipinski definition) is 1. The zero-order chi connectivity index (χ0) is 14.7. The largest absolute Gasteiger partial charge is 0.317 e. The average Bonchev–Trinajstić information content (AvgIpc) is 2.79. The lowest BCUT2D eigenvalue weighted by molar-refractivity contribution is 0.546. The van der Waals surface area contributed by atoms with Gasteiger partial charge < -0.3 is 9.88 Å². The third kappa shape index (κ3) is 3.32. The van der Waals surface area contributed by atoms with Crippen LogP contribution in [0.2, 0.25) is 10.0 Å². The lowest BCUT2D eigenvalue weighted by Gasteiger charge is -2.14. The van der Waals surface area contributed by atoms with Gasteiger partial charge in [-0.3, -0.25) is 0 Å². The molecule has 1 aromatic carbocycles. The molecule has 20 heavy (non-hydrogen) atoms. The number of hydrogen-bond acceptors (Lipinski definition) is 3. The van der Waals surface area contributed by atoms with E-state index in [4.69, 9.17) is 23.2 Å². The number of nitrogens with one attached hydrogen (secondary N) is 1. The fraction of sp³-hybridized carbons (Fsp3) is 0.429. The van der Waals surface area contributed by atoms with E-state index in [2.05, 4.69) is 29.4 Å². The highest BCUT2D eigenvalue weighted by Gasteiger charge is 2.10. The zero-order valence-electron chi connectivity index (χ0n) is 11.8. The van der Waals surface area contributed by atoms with Crippen LogP contribution < -0.4 is 5.32 Å². The Bertz CT molecular complexity index is 595. The van der Waals surface area contributed by atoms with Crippen LogP contribution in [-0.4, -0.2) is 14.8 Å². The highest BCUT2D eigenvalue weighted by atomic mass is 35.5. The molecule has 1 heterocycles. The molecular weight excluding hydrogens is 295 g/mol. The van der Waals surface area contributed by atoms with Crippen molar-refractivity contribution in [3.63, 3.8) is 0 Å². The summed E-state index contributed by atoms with van der Waals surface area (Å²) in [4.78, 5) is 0. The lowest BCUT2D eigenvalue weighted by Crippen LogP contribution is -2.20. The van der Waals surface area contributed by atoms with Crippen LogP contribution >= 0.6 is 23.2 Å². The third-order valence-corrected chi connectivity index (χ3v) is 4.12. The van der Waals surface area contributed by atoms with Crippen LogP contribution in [0, 0.1) is 0 Å². The normalized spacial score (nSPS) is 12.7. The van der Waals surface area contributed by atoms with Gasteiger partial charge in [-0.25, -0.2) is 0 Å². The maximum Gasteiger partial charge on any atom is 0.146 e. The summed E-state index contributed by atoms with van der Waals surface area (Å²) in [5, 5.41) is 12.9. The molecule has 1 unspecified atom stereocenters. The van der Waals surface area contributed by atoms with E-state index in [0.717, 1.165) is 23.6 Å². The van der Waals surface area contributed by atoms with Gasteiger partial charge in [-0.15, -0.1) is 10.2 Å². The van der Waals surface area contributed by atoms with Gasteiger partial charge in [0.05, 0.1) is 16.6 Å². The smallest absolute Gasteiger partial charge is 0.146 e. The van der Waals surface area contributed by atoms with Crippen LogP contribution in [0.4, 0.5) is 0 Å². The molecule has 6 heteroatoms. The third-order valence-electron chi connectivity index (χ3n) is 3.38. The molecule has 0 spiro atoms. The van der Waals surface area contributed by atoms with E-state index in [0.29, 0.717) is 16.6 Å². The van der Waals surface area contributed by atoms with Gasteiger partial charge >= 0.3 is 0 Å². The molecule has 0 bridgehead atoms. The first kappa shape index (κ1) is 15.3. The van der Waals surface area contributed by atoms with Crippen molar-refractivity contribution >= 4 is 23.2 Å². The van der Waals surface area contributed by atoms with E-state index >= 15 is 0 Å². The molecule has 1 aromatic heterocycles. The molecule has 0 aliphatic rings. The first-order valence-corrected chi connectivity index (χ1v) is 7.34. The Kier molecular flexibility index (Phi) is 5.02. The van der Waals surface area contributed by atoms with Crippen LogP contribution in [-0.2, 0) is 20.0 Å². The Balaban J connectivity index is 2.02.